The van der Waals surface area contributed by atoms with E-state index in [1.54, 1.807) is 0 Å². The zero-order valence-electron chi connectivity index (χ0n) is 15.2. The molecule has 2 aromatic carbocycles. The summed E-state index contributed by atoms with van der Waals surface area (Å²) in [5.41, 5.74) is 3.01. The van der Waals surface area contributed by atoms with Gasteiger partial charge in [-0.3, -0.25) is 4.79 Å². The van der Waals surface area contributed by atoms with Gasteiger partial charge in [-0.25, -0.2) is 0 Å². The number of ether oxygens (including phenoxy) is 1. The van der Waals surface area contributed by atoms with E-state index in [-0.39, 0.29) is 5.91 Å². The highest BCUT2D eigenvalue weighted by atomic mass is 16.5. The van der Waals surface area contributed by atoms with Crippen LogP contribution in [-0.4, -0.2) is 19.1 Å². The molecule has 0 saturated heterocycles. The second-order valence-corrected chi connectivity index (χ2v) is 5.95. The largest absolute Gasteiger partial charge is 0.494 e. The molecule has 0 saturated carbocycles. The molecule has 0 bridgehead atoms. The average molecular weight is 340 g/mol. The Bertz CT molecular complexity index is 653. The summed E-state index contributed by atoms with van der Waals surface area (Å²) in [6.07, 6.45) is 2.09. The van der Waals surface area contributed by atoms with Gasteiger partial charge in [-0.05, 0) is 37.1 Å². The monoisotopic (exact) mass is 340 g/mol. The molecule has 2 aromatic rings. The maximum absolute atomic E-state index is 12.0. The molecule has 0 fully saturated rings. The normalized spacial score (nSPS) is 10.5. The van der Waals surface area contributed by atoms with Gasteiger partial charge in [0, 0.05) is 30.8 Å². The van der Waals surface area contributed by atoms with Crippen molar-refractivity contribution in [2.24, 2.45) is 0 Å². The van der Waals surface area contributed by atoms with Gasteiger partial charge in [-0.1, -0.05) is 43.7 Å². The van der Waals surface area contributed by atoms with Gasteiger partial charge in [0.1, 0.15) is 5.75 Å². The molecule has 0 atom stereocenters. The summed E-state index contributed by atoms with van der Waals surface area (Å²) in [5, 5.41) is 6.36. The van der Waals surface area contributed by atoms with E-state index in [1.807, 2.05) is 49.4 Å². The molecule has 0 aromatic heterocycles. The quantitative estimate of drug-likeness (QED) is 0.645. The van der Waals surface area contributed by atoms with Gasteiger partial charge in [0.2, 0.25) is 0 Å². The fourth-order valence-corrected chi connectivity index (χ4v) is 2.54. The van der Waals surface area contributed by atoms with Crippen LogP contribution < -0.4 is 15.4 Å². The minimum absolute atomic E-state index is 0.00130. The molecule has 134 valence electrons. The summed E-state index contributed by atoms with van der Waals surface area (Å²) >= 11 is 0. The molecule has 0 aliphatic heterocycles. The number of nitrogens with one attached hydrogen (secondary N) is 2. The Balaban J connectivity index is 1.83. The average Bonchev–Trinajstić information content (AvgIpc) is 2.64. The third kappa shape index (κ3) is 6.24. The number of carbonyl (C=O) groups excluding carboxylic acids is 1. The summed E-state index contributed by atoms with van der Waals surface area (Å²) in [4.78, 5) is 12.0. The summed E-state index contributed by atoms with van der Waals surface area (Å²) in [6, 6.07) is 15.8. The van der Waals surface area contributed by atoms with Crippen LogP contribution in [0, 0.1) is 0 Å². The van der Waals surface area contributed by atoms with Crippen molar-refractivity contribution in [3.8, 4) is 5.75 Å². The Hall–Kier alpha value is -2.33. The summed E-state index contributed by atoms with van der Waals surface area (Å²) < 4.78 is 5.64. The molecule has 0 aliphatic rings. The Morgan fingerprint density at radius 1 is 1.00 bits per heavy atom. The van der Waals surface area contributed by atoms with Gasteiger partial charge in [0.15, 0.2) is 0 Å². The molecule has 0 spiro atoms. The summed E-state index contributed by atoms with van der Waals surface area (Å²) in [7, 11) is 0. The lowest BCUT2D eigenvalue weighted by molar-refractivity contribution is 0.0953. The number of hydrogen-bond donors (Lipinski definition) is 2. The number of benzene rings is 2. The summed E-state index contributed by atoms with van der Waals surface area (Å²) in [5.74, 6) is 0.926. The van der Waals surface area contributed by atoms with E-state index in [1.165, 1.54) is 0 Å². The van der Waals surface area contributed by atoms with E-state index in [0.29, 0.717) is 12.2 Å². The molecular formula is C21H28N2O2. The van der Waals surface area contributed by atoms with Crippen molar-refractivity contribution in [3.05, 3.63) is 65.2 Å². The first-order valence-electron chi connectivity index (χ1n) is 9.03. The van der Waals surface area contributed by atoms with Crippen molar-refractivity contribution in [2.45, 2.75) is 39.8 Å². The SMILES string of the molecule is CCCCNC(=O)c1ccc(CNCc2ccccc2OCC)cc1. The van der Waals surface area contributed by atoms with E-state index in [4.69, 9.17) is 4.74 Å². The molecule has 0 aliphatic carbocycles. The van der Waals surface area contributed by atoms with E-state index < -0.39 is 0 Å². The third-order valence-electron chi connectivity index (χ3n) is 3.95. The molecule has 0 unspecified atom stereocenters. The van der Waals surface area contributed by atoms with Crippen LogP contribution in [0.2, 0.25) is 0 Å². The number of amides is 1. The van der Waals surface area contributed by atoms with Crippen molar-refractivity contribution in [3.63, 3.8) is 0 Å². The van der Waals surface area contributed by atoms with Crippen molar-refractivity contribution < 1.29 is 9.53 Å². The lowest BCUT2D eigenvalue weighted by Crippen LogP contribution is -2.24. The molecular weight excluding hydrogens is 312 g/mol. The van der Waals surface area contributed by atoms with Gasteiger partial charge in [0.05, 0.1) is 6.61 Å². The number of rotatable bonds is 10. The predicted octanol–water partition coefficient (Wildman–Crippen LogP) is 3.91. The highest BCUT2D eigenvalue weighted by molar-refractivity contribution is 5.94. The number of hydrogen-bond acceptors (Lipinski definition) is 3. The van der Waals surface area contributed by atoms with Crippen LogP contribution in [0.4, 0.5) is 0 Å². The minimum atomic E-state index is -0.00130. The zero-order valence-corrected chi connectivity index (χ0v) is 15.2. The smallest absolute Gasteiger partial charge is 0.251 e. The first kappa shape index (κ1) is 19.0. The lowest BCUT2D eigenvalue weighted by Gasteiger charge is -2.11. The molecule has 2 rings (SSSR count). The molecule has 0 radical (unpaired) electrons. The Morgan fingerprint density at radius 2 is 1.76 bits per heavy atom. The Labute approximate surface area is 150 Å². The second kappa shape index (κ2) is 10.5. The fraction of sp³-hybridized carbons (Fsp3) is 0.381. The number of carbonyl (C=O) groups is 1. The van der Waals surface area contributed by atoms with Crippen LogP contribution in [0.5, 0.6) is 5.75 Å². The highest BCUT2D eigenvalue weighted by Gasteiger charge is 2.05. The predicted molar refractivity (Wildman–Crippen MR) is 102 cm³/mol. The van der Waals surface area contributed by atoms with E-state index in [9.17, 15) is 4.79 Å². The van der Waals surface area contributed by atoms with Crippen molar-refractivity contribution >= 4 is 5.91 Å². The van der Waals surface area contributed by atoms with Crippen LogP contribution in [0.3, 0.4) is 0 Å². The first-order valence-corrected chi connectivity index (χ1v) is 9.03. The minimum Gasteiger partial charge on any atom is -0.494 e. The van der Waals surface area contributed by atoms with Crippen LogP contribution in [0.25, 0.3) is 0 Å². The zero-order chi connectivity index (χ0) is 17.9. The lowest BCUT2D eigenvalue weighted by atomic mass is 10.1. The van der Waals surface area contributed by atoms with Crippen molar-refractivity contribution in [1.82, 2.24) is 10.6 Å². The molecule has 1 amide bonds. The van der Waals surface area contributed by atoms with Gasteiger partial charge >= 0.3 is 0 Å². The standard InChI is InChI=1S/C21H28N2O2/c1-3-5-14-23-21(24)18-12-10-17(11-13-18)15-22-16-19-8-6-7-9-20(19)25-4-2/h6-13,22H,3-5,14-16H2,1-2H3,(H,23,24). The van der Waals surface area contributed by atoms with Crippen molar-refractivity contribution in [2.75, 3.05) is 13.2 Å². The molecule has 2 N–H and O–H groups in total. The van der Waals surface area contributed by atoms with Crippen LogP contribution in [0.15, 0.2) is 48.5 Å². The Kier molecular flexibility index (Phi) is 7.99. The molecule has 25 heavy (non-hydrogen) atoms. The van der Waals surface area contributed by atoms with Gasteiger partial charge in [-0.2, -0.15) is 0 Å². The second-order valence-electron chi connectivity index (χ2n) is 5.95. The van der Waals surface area contributed by atoms with Crippen molar-refractivity contribution in [1.29, 1.82) is 0 Å². The van der Waals surface area contributed by atoms with Crippen LogP contribution >= 0.6 is 0 Å². The molecule has 4 heteroatoms. The van der Waals surface area contributed by atoms with E-state index >= 15 is 0 Å². The maximum atomic E-state index is 12.0. The van der Waals surface area contributed by atoms with Gasteiger partial charge < -0.3 is 15.4 Å². The Morgan fingerprint density at radius 3 is 2.48 bits per heavy atom. The van der Waals surface area contributed by atoms with Gasteiger partial charge in [0.25, 0.3) is 5.91 Å². The molecule has 4 nitrogen and oxygen atoms in total. The summed E-state index contributed by atoms with van der Waals surface area (Å²) in [6.45, 7) is 7.00. The topological polar surface area (TPSA) is 50.4 Å². The van der Waals surface area contributed by atoms with Crippen LogP contribution in [0.1, 0.15) is 48.2 Å². The molecule has 0 heterocycles. The van der Waals surface area contributed by atoms with E-state index in [2.05, 4.69) is 23.6 Å². The van der Waals surface area contributed by atoms with E-state index in [0.717, 1.165) is 49.4 Å². The van der Waals surface area contributed by atoms with Gasteiger partial charge in [-0.15, -0.1) is 0 Å². The third-order valence-corrected chi connectivity index (χ3v) is 3.95. The fourth-order valence-electron chi connectivity index (χ4n) is 2.54. The van der Waals surface area contributed by atoms with Crippen LogP contribution in [-0.2, 0) is 13.1 Å². The maximum Gasteiger partial charge on any atom is 0.251 e. The first-order chi connectivity index (χ1) is 12.2. The number of unbranched alkanes of at least 4 members (excludes halogenated alkanes) is 1. The number of para-hydroxylation sites is 1. The highest BCUT2D eigenvalue weighted by Crippen LogP contribution is 2.17.